The Labute approximate surface area is 254 Å². The van der Waals surface area contributed by atoms with Crippen LogP contribution in [0.4, 0.5) is 0 Å². The van der Waals surface area contributed by atoms with E-state index in [1.165, 1.54) is 12.3 Å². The number of piperidine rings is 1. The van der Waals surface area contributed by atoms with Crippen LogP contribution in [-0.4, -0.2) is 74.8 Å². The molecule has 11 heteroatoms. The van der Waals surface area contributed by atoms with Gasteiger partial charge in [0.05, 0.1) is 48.7 Å². The average Bonchev–Trinajstić information content (AvgIpc) is 3.46. The number of carbonyl (C=O) groups is 3. The summed E-state index contributed by atoms with van der Waals surface area (Å²) in [6, 6.07) is 11.6. The number of ketones is 1. The normalized spacial score (nSPS) is 15.4. The first-order valence-corrected chi connectivity index (χ1v) is 14.4. The van der Waals surface area contributed by atoms with Gasteiger partial charge in [0, 0.05) is 62.1 Å². The number of rotatable bonds is 7. The lowest BCUT2D eigenvalue weighted by atomic mass is 9.82. The smallest absolute Gasteiger partial charge is 0.337 e. The molecule has 0 bridgehead atoms. The minimum Gasteiger partial charge on any atom is -0.496 e. The monoisotopic (exact) mass is 596 g/mol. The number of ether oxygens (including phenoxy) is 3. The molecule has 2 aromatic carbocycles. The maximum absolute atomic E-state index is 13.7. The second-order valence-electron chi connectivity index (χ2n) is 11.0. The fourth-order valence-corrected chi connectivity index (χ4v) is 6.01. The third-order valence-electron chi connectivity index (χ3n) is 8.19. The Balaban J connectivity index is 1.20. The summed E-state index contributed by atoms with van der Waals surface area (Å²) in [6.45, 7) is 3.11. The molecule has 2 aliphatic rings. The number of aromatic carboxylic acids is 1. The first kappa shape index (κ1) is 28.9. The third kappa shape index (κ3) is 5.25. The van der Waals surface area contributed by atoms with Gasteiger partial charge in [-0.25, -0.2) is 4.79 Å². The van der Waals surface area contributed by atoms with Crippen molar-refractivity contribution in [3.05, 3.63) is 77.7 Å². The Kier molecular flexibility index (Phi) is 7.54. The quantitative estimate of drug-likeness (QED) is 0.316. The zero-order chi connectivity index (χ0) is 31.0. The molecule has 2 aliphatic heterocycles. The number of hydrogen-bond acceptors (Lipinski definition) is 8. The summed E-state index contributed by atoms with van der Waals surface area (Å²) in [5, 5.41) is 13.8. The highest BCUT2D eigenvalue weighted by Crippen LogP contribution is 2.43. The van der Waals surface area contributed by atoms with Crippen molar-refractivity contribution in [2.45, 2.75) is 31.8 Å². The summed E-state index contributed by atoms with van der Waals surface area (Å²) in [5.41, 5.74) is 2.56. The van der Waals surface area contributed by atoms with E-state index in [-0.39, 0.29) is 23.7 Å². The van der Waals surface area contributed by atoms with Gasteiger partial charge in [-0.05, 0) is 49.4 Å². The van der Waals surface area contributed by atoms with Gasteiger partial charge in [-0.1, -0.05) is 0 Å². The van der Waals surface area contributed by atoms with E-state index in [1.54, 1.807) is 59.3 Å². The molecule has 0 aliphatic carbocycles. The number of aromatic nitrogens is 3. The zero-order valence-electron chi connectivity index (χ0n) is 24.7. The molecule has 1 fully saturated rings. The second-order valence-corrected chi connectivity index (χ2v) is 11.0. The molecule has 1 saturated heterocycles. The molecular weight excluding hydrogens is 564 g/mol. The van der Waals surface area contributed by atoms with Gasteiger partial charge in [-0.15, -0.1) is 0 Å². The van der Waals surface area contributed by atoms with E-state index in [2.05, 4.69) is 10.1 Å². The summed E-state index contributed by atoms with van der Waals surface area (Å²) < 4.78 is 19.8. The summed E-state index contributed by atoms with van der Waals surface area (Å²) in [4.78, 5) is 44.8. The average molecular weight is 597 g/mol. The van der Waals surface area contributed by atoms with Crippen LogP contribution in [0.3, 0.4) is 0 Å². The maximum Gasteiger partial charge on any atom is 0.337 e. The van der Waals surface area contributed by atoms with Crippen molar-refractivity contribution in [2.75, 3.05) is 26.8 Å². The molecule has 0 unspecified atom stereocenters. The Hall–Kier alpha value is -5.19. The van der Waals surface area contributed by atoms with Gasteiger partial charge in [-0.2, -0.15) is 5.10 Å². The molecule has 0 atom stereocenters. The van der Waals surface area contributed by atoms with Crippen molar-refractivity contribution in [3.63, 3.8) is 0 Å². The predicted octanol–water partition coefficient (Wildman–Crippen LogP) is 4.89. The van der Waals surface area contributed by atoms with Crippen molar-refractivity contribution < 1.29 is 33.7 Å². The SMILES string of the molecule is CCOc1cc(C(=O)N2CCC3(CC2)CC(=O)c2cc(-c4ncccc4C(=O)O)ccc2O3)cc(OC)c1-c1cnn(C)c1. The molecule has 6 rings (SSSR count). The molecule has 4 aromatic rings. The lowest BCUT2D eigenvalue weighted by molar-refractivity contribution is -0.00573. The number of carboxylic acids is 1. The topological polar surface area (TPSA) is 133 Å². The lowest BCUT2D eigenvalue weighted by Crippen LogP contribution is -2.52. The highest BCUT2D eigenvalue weighted by atomic mass is 16.5. The largest absolute Gasteiger partial charge is 0.496 e. The number of carboxylic acid groups (broad SMARTS) is 1. The number of hydrogen-bond donors (Lipinski definition) is 1. The van der Waals surface area contributed by atoms with E-state index in [4.69, 9.17) is 14.2 Å². The Morgan fingerprint density at radius 3 is 2.55 bits per heavy atom. The molecule has 2 aromatic heterocycles. The van der Waals surface area contributed by atoms with Crippen molar-refractivity contribution in [1.82, 2.24) is 19.7 Å². The number of aryl methyl sites for hydroxylation is 1. The Morgan fingerprint density at radius 1 is 1.09 bits per heavy atom. The van der Waals surface area contributed by atoms with Gasteiger partial charge in [0.25, 0.3) is 5.91 Å². The van der Waals surface area contributed by atoms with Gasteiger partial charge in [0.15, 0.2) is 5.78 Å². The molecular formula is C33H32N4O7. The molecule has 44 heavy (non-hydrogen) atoms. The van der Waals surface area contributed by atoms with Crippen molar-refractivity contribution in [1.29, 1.82) is 0 Å². The van der Waals surface area contributed by atoms with Crippen molar-refractivity contribution in [3.8, 4) is 39.6 Å². The second kappa shape index (κ2) is 11.5. The van der Waals surface area contributed by atoms with Crippen LogP contribution in [0.2, 0.25) is 0 Å². The highest BCUT2D eigenvalue weighted by molar-refractivity contribution is 6.02. The molecule has 1 N–H and O–H groups in total. The fraction of sp³-hybridized carbons (Fsp3) is 0.303. The van der Waals surface area contributed by atoms with E-state index < -0.39 is 11.6 Å². The van der Waals surface area contributed by atoms with Crippen molar-refractivity contribution >= 4 is 17.7 Å². The molecule has 1 amide bonds. The van der Waals surface area contributed by atoms with Gasteiger partial charge < -0.3 is 24.2 Å². The van der Waals surface area contributed by atoms with Gasteiger partial charge >= 0.3 is 5.97 Å². The van der Waals surface area contributed by atoms with Crippen LogP contribution < -0.4 is 14.2 Å². The zero-order valence-corrected chi connectivity index (χ0v) is 24.7. The number of pyridine rings is 1. The first-order chi connectivity index (χ1) is 21.2. The van der Waals surface area contributed by atoms with Crippen molar-refractivity contribution in [2.24, 2.45) is 7.05 Å². The van der Waals surface area contributed by atoms with E-state index >= 15 is 0 Å². The lowest BCUT2D eigenvalue weighted by Gasteiger charge is -2.44. The molecule has 1 spiro atoms. The van der Waals surface area contributed by atoms with E-state index in [1.807, 2.05) is 20.2 Å². The number of Topliss-reactive ketones (excluding diaryl/α,β-unsaturated/α-hetero) is 1. The molecule has 0 radical (unpaired) electrons. The third-order valence-corrected chi connectivity index (χ3v) is 8.19. The van der Waals surface area contributed by atoms with Crippen LogP contribution in [0.5, 0.6) is 17.2 Å². The summed E-state index contributed by atoms with van der Waals surface area (Å²) in [5.74, 6) is 0.167. The number of fused-ring (bicyclic) bond motifs is 1. The fourth-order valence-electron chi connectivity index (χ4n) is 6.01. The standard InChI is InChI=1S/C33H32N4O7/c1-4-43-28-16-21(15-27(42-3)29(28)22-18-35-36(2)19-22)31(39)37-12-9-33(10-13-37)17-25(38)24-14-20(7-8-26(24)44-33)30-23(32(40)41)6-5-11-34-30/h5-8,11,14-16,18-19H,4,9-10,12-13,17H2,1-3H3,(H,40,41). The van der Waals surface area contributed by atoms with Crippen LogP contribution in [-0.2, 0) is 7.05 Å². The summed E-state index contributed by atoms with van der Waals surface area (Å²) in [6.07, 6.45) is 6.25. The molecule has 226 valence electrons. The predicted molar refractivity (Wildman–Crippen MR) is 160 cm³/mol. The first-order valence-electron chi connectivity index (χ1n) is 14.4. The van der Waals surface area contributed by atoms with Crippen LogP contribution in [0.1, 0.15) is 57.3 Å². The van der Waals surface area contributed by atoms with E-state index in [0.717, 1.165) is 11.1 Å². The van der Waals surface area contributed by atoms with E-state index in [0.29, 0.717) is 72.2 Å². The number of likely N-dealkylation sites (tertiary alicyclic amines) is 1. The van der Waals surface area contributed by atoms with Crippen LogP contribution in [0.25, 0.3) is 22.4 Å². The van der Waals surface area contributed by atoms with Gasteiger partial charge in [-0.3, -0.25) is 19.3 Å². The summed E-state index contributed by atoms with van der Waals surface area (Å²) in [7, 11) is 3.39. The Morgan fingerprint density at radius 2 is 1.86 bits per heavy atom. The number of benzene rings is 2. The van der Waals surface area contributed by atoms with Crippen LogP contribution >= 0.6 is 0 Å². The molecule has 0 saturated carbocycles. The van der Waals surface area contributed by atoms with Gasteiger partial charge in [0.1, 0.15) is 22.8 Å². The number of methoxy groups -OCH3 is 1. The molecule has 11 nitrogen and oxygen atoms in total. The minimum atomic E-state index is -1.09. The number of nitrogens with zero attached hydrogens (tertiary/aromatic N) is 4. The van der Waals surface area contributed by atoms with Crippen LogP contribution in [0.15, 0.2) is 61.1 Å². The Bertz CT molecular complexity index is 1770. The molecule has 4 heterocycles. The minimum absolute atomic E-state index is 0.0582. The van der Waals surface area contributed by atoms with E-state index in [9.17, 15) is 19.5 Å². The van der Waals surface area contributed by atoms with Crippen LogP contribution in [0, 0.1) is 0 Å². The summed E-state index contributed by atoms with van der Waals surface area (Å²) >= 11 is 0. The maximum atomic E-state index is 13.7. The number of carbonyl (C=O) groups excluding carboxylic acids is 2. The number of amides is 1. The highest BCUT2D eigenvalue weighted by Gasteiger charge is 2.44. The van der Waals surface area contributed by atoms with Gasteiger partial charge in [0.2, 0.25) is 0 Å².